The van der Waals surface area contributed by atoms with Crippen LogP contribution in [0.25, 0.3) is 10.2 Å². The summed E-state index contributed by atoms with van der Waals surface area (Å²) >= 11 is 7.34. The molecule has 21 heavy (non-hydrogen) atoms. The maximum absolute atomic E-state index is 11.0. The second-order valence-electron chi connectivity index (χ2n) is 4.22. The van der Waals surface area contributed by atoms with E-state index in [0.29, 0.717) is 11.4 Å². The van der Waals surface area contributed by atoms with E-state index in [1.54, 1.807) is 18.2 Å². The maximum atomic E-state index is 11.0. The van der Waals surface area contributed by atoms with Crippen molar-refractivity contribution in [2.24, 2.45) is 0 Å². The van der Waals surface area contributed by atoms with Crippen molar-refractivity contribution in [3.63, 3.8) is 0 Å². The Kier molecular flexibility index (Phi) is 3.68. The lowest BCUT2D eigenvalue weighted by Crippen LogP contribution is -2.05. The van der Waals surface area contributed by atoms with Crippen LogP contribution in [0.15, 0.2) is 35.7 Å². The molecule has 3 rings (SSSR count). The first-order valence-electron chi connectivity index (χ1n) is 6.02. The molecule has 1 aromatic carbocycles. The topological polar surface area (TPSA) is 81.0 Å². The smallest absolute Gasteiger partial charge is 0.274 e. The molecule has 1 N–H and O–H groups in total. The zero-order valence-corrected chi connectivity index (χ0v) is 12.2. The Labute approximate surface area is 128 Å². The number of halogens is 1. The molecule has 2 aromatic heterocycles. The summed E-state index contributed by atoms with van der Waals surface area (Å²) in [6.07, 6.45) is 0. The normalized spacial score (nSPS) is 10.7. The van der Waals surface area contributed by atoms with Gasteiger partial charge < -0.3 is 5.32 Å². The van der Waals surface area contributed by atoms with E-state index in [-0.39, 0.29) is 17.5 Å². The Balaban J connectivity index is 1.90. The molecule has 0 fully saturated rings. The van der Waals surface area contributed by atoms with Crippen molar-refractivity contribution in [3.8, 4) is 0 Å². The van der Waals surface area contributed by atoms with Crippen LogP contribution in [-0.4, -0.2) is 14.9 Å². The van der Waals surface area contributed by atoms with Crippen LogP contribution >= 0.6 is 22.9 Å². The van der Waals surface area contributed by atoms with Crippen molar-refractivity contribution >= 4 is 44.7 Å². The van der Waals surface area contributed by atoms with Crippen molar-refractivity contribution < 1.29 is 4.92 Å². The van der Waals surface area contributed by atoms with E-state index in [9.17, 15) is 10.1 Å². The molecule has 0 unspecified atom stereocenters. The molecule has 0 radical (unpaired) electrons. The second kappa shape index (κ2) is 5.63. The van der Waals surface area contributed by atoms with E-state index in [1.807, 2.05) is 11.4 Å². The predicted molar refractivity (Wildman–Crippen MR) is 82.8 cm³/mol. The molecule has 0 aliphatic heterocycles. The SMILES string of the molecule is O=[N+]([O-])c1ccccc1CNc1nc(Cl)nc2sccc12. The van der Waals surface area contributed by atoms with E-state index in [1.165, 1.54) is 17.4 Å². The Morgan fingerprint density at radius 3 is 2.90 bits per heavy atom. The first-order chi connectivity index (χ1) is 10.1. The van der Waals surface area contributed by atoms with Crippen LogP contribution in [0.1, 0.15) is 5.56 Å². The third-order valence-electron chi connectivity index (χ3n) is 2.93. The van der Waals surface area contributed by atoms with Gasteiger partial charge in [0.2, 0.25) is 5.28 Å². The van der Waals surface area contributed by atoms with Gasteiger partial charge in [-0.1, -0.05) is 18.2 Å². The summed E-state index contributed by atoms with van der Waals surface area (Å²) in [5.41, 5.74) is 0.660. The Bertz CT molecular complexity index is 821. The highest BCUT2D eigenvalue weighted by molar-refractivity contribution is 7.16. The van der Waals surface area contributed by atoms with Gasteiger partial charge in [-0.25, -0.2) is 9.97 Å². The van der Waals surface area contributed by atoms with Crippen molar-refractivity contribution in [1.29, 1.82) is 0 Å². The van der Waals surface area contributed by atoms with Gasteiger partial charge in [0.15, 0.2) is 0 Å². The molecule has 0 amide bonds. The van der Waals surface area contributed by atoms with E-state index >= 15 is 0 Å². The largest absolute Gasteiger partial charge is 0.365 e. The van der Waals surface area contributed by atoms with E-state index in [4.69, 9.17) is 11.6 Å². The molecule has 0 saturated heterocycles. The standard InChI is InChI=1S/C13H9ClN4O2S/c14-13-16-11(9-5-6-21-12(9)17-13)15-7-8-3-1-2-4-10(8)18(19)20/h1-6H,7H2,(H,15,16,17). The van der Waals surface area contributed by atoms with Crippen LogP contribution in [0.2, 0.25) is 5.28 Å². The van der Waals surface area contributed by atoms with Crippen molar-refractivity contribution in [2.75, 3.05) is 5.32 Å². The molecule has 0 aliphatic carbocycles. The first kappa shape index (κ1) is 13.7. The lowest BCUT2D eigenvalue weighted by molar-refractivity contribution is -0.385. The highest BCUT2D eigenvalue weighted by atomic mass is 35.5. The van der Waals surface area contributed by atoms with Crippen LogP contribution in [0.3, 0.4) is 0 Å². The fraction of sp³-hybridized carbons (Fsp3) is 0.0769. The highest BCUT2D eigenvalue weighted by Crippen LogP contribution is 2.27. The van der Waals surface area contributed by atoms with Gasteiger partial charge >= 0.3 is 0 Å². The molecule has 6 nitrogen and oxygen atoms in total. The molecule has 0 saturated carbocycles. The molecule has 0 atom stereocenters. The lowest BCUT2D eigenvalue weighted by Gasteiger charge is -2.07. The number of nitrogens with one attached hydrogen (secondary N) is 1. The van der Waals surface area contributed by atoms with E-state index < -0.39 is 4.92 Å². The molecule has 8 heteroatoms. The van der Waals surface area contributed by atoms with Gasteiger partial charge in [0.1, 0.15) is 10.6 Å². The summed E-state index contributed by atoms with van der Waals surface area (Å²) in [6, 6.07) is 8.47. The van der Waals surface area contributed by atoms with Gasteiger partial charge in [0.25, 0.3) is 5.69 Å². The number of fused-ring (bicyclic) bond motifs is 1. The first-order valence-corrected chi connectivity index (χ1v) is 7.28. The minimum atomic E-state index is -0.399. The van der Waals surface area contributed by atoms with Crippen LogP contribution < -0.4 is 5.32 Å². The van der Waals surface area contributed by atoms with E-state index in [2.05, 4.69) is 15.3 Å². The molecule has 2 heterocycles. The number of thiophene rings is 1. The summed E-state index contributed by atoms with van der Waals surface area (Å²) < 4.78 is 0. The lowest BCUT2D eigenvalue weighted by atomic mass is 10.2. The zero-order chi connectivity index (χ0) is 14.8. The molecule has 3 aromatic rings. The fourth-order valence-electron chi connectivity index (χ4n) is 1.98. The van der Waals surface area contributed by atoms with Gasteiger partial charge in [-0.15, -0.1) is 11.3 Å². The molecule has 0 aliphatic rings. The molecular weight excluding hydrogens is 312 g/mol. The number of para-hydroxylation sites is 1. The summed E-state index contributed by atoms with van der Waals surface area (Å²) in [5.74, 6) is 0.574. The van der Waals surface area contributed by atoms with Crippen LogP contribution in [0, 0.1) is 10.1 Å². The molecule has 0 spiro atoms. The number of hydrogen-bond acceptors (Lipinski definition) is 6. The number of hydrogen-bond donors (Lipinski definition) is 1. The highest BCUT2D eigenvalue weighted by Gasteiger charge is 2.13. The van der Waals surface area contributed by atoms with Gasteiger partial charge in [-0.2, -0.15) is 0 Å². The van der Waals surface area contributed by atoms with Crippen LogP contribution in [0.5, 0.6) is 0 Å². The summed E-state index contributed by atoms with van der Waals surface area (Å²) in [6.45, 7) is 0.287. The second-order valence-corrected chi connectivity index (χ2v) is 5.45. The van der Waals surface area contributed by atoms with Crippen molar-refractivity contribution in [3.05, 3.63) is 56.7 Å². The molecule has 106 valence electrons. The maximum Gasteiger partial charge on any atom is 0.274 e. The summed E-state index contributed by atoms with van der Waals surface area (Å²) in [7, 11) is 0. The van der Waals surface area contributed by atoms with E-state index in [0.717, 1.165) is 10.2 Å². The summed E-state index contributed by atoms with van der Waals surface area (Å²) in [5, 5.41) is 17.0. The van der Waals surface area contributed by atoms with Gasteiger partial charge in [-0.05, 0) is 23.0 Å². The number of rotatable bonds is 4. The minimum Gasteiger partial charge on any atom is -0.365 e. The Morgan fingerprint density at radius 1 is 1.29 bits per heavy atom. The molecular formula is C13H9ClN4O2S. The monoisotopic (exact) mass is 320 g/mol. The van der Waals surface area contributed by atoms with Gasteiger partial charge in [0, 0.05) is 18.2 Å². The minimum absolute atomic E-state index is 0.0757. The average molecular weight is 321 g/mol. The fourth-order valence-corrected chi connectivity index (χ4v) is 2.96. The zero-order valence-electron chi connectivity index (χ0n) is 10.6. The number of nitrogens with zero attached hydrogens (tertiary/aromatic N) is 3. The van der Waals surface area contributed by atoms with Crippen LogP contribution in [-0.2, 0) is 6.54 Å². The number of aromatic nitrogens is 2. The molecule has 0 bridgehead atoms. The number of benzene rings is 1. The third kappa shape index (κ3) is 2.79. The van der Waals surface area contributed by atoms with Gasteiger partial charge in [-0.3, -0.25) is 10.1 Å². The predicted octanol–water partition coefficient (Wildman–Crippen LogP) is 3.87. The average Bonchev–Trinajstić information content (AvgIpc) is 2.93. The van der Waals surface area contributed by atoms with Crippen molar-refractivity contribution in [2.45, 2.75) is 6.54 Å². The van der Waals surface area contributed by atoms with Gasteiger partial charge in [0.05, 0.1) is 10.3 Å². The quantitative estimate of drug-likeness (QED) is 0.448. The van der Waals surface area contributed by atoms with Crippen molar-refractivity contribution in [1.82, 2.24) is 9.97 Å². The Hall–Kier alpha value is -2.25. The Morgan fingerprint density at radius 2 is 2.10 bits per heavy atom. The van der Waals surface area contributed by atoms with Crippen LogP contribution in [0.4, 0.5) is 11.5 Å². The number of nitro benzene ring substituents is 1. The third-order valence-corrected chi connectivity index (χ3v) is 3.91. The number of nitro groups is 1. The number of anilines is 1. The summed E-state index contributed by atoms with van der Waals surface area (Å²) in [4.78, 5) is 19.6.